The zero-order valence-corrected chi connectivity index (χ0v) is 12.8. The third kappa shape index (κ3) is 5.09. The van der Waals surface area contributed by atoms with E-state index in [0.717, 1.165) is 31.6 Å². The molecule has 0 spiro atoms. The van der Waals surface area contributed by atoms with Crippen LogP contribution in [0.1, 0.15) is 12.0 Å². The maximum absolute atomic E-state index is 4.13. The monoisotopic (exact) mass is 280 g/mol. The Balaban J connectivity index is 1.63. The van der Waals surface area contributed by atoms with Crippen LogP contribution < -0.4 is 10.2 Å². The minimum Gasteiger partial charge on any atom is -0.375 e. The predicted molar refractivity (Wildman–Crippen MR) is 92.7 cm³/mol. The molecule has 1 N–H and O–H groups in total. The molecule has 2 aromatic rings. The molecule has 0 fully saturated rings. The van der Waals surface area contributed by atoms with E-state index >= 15 is 0 Å². The van der Waals surface area contributed by atoms with E-state index in [-0.39, 0.29) is 0 Å². The lowest BCUT2D eigenvalue weighted by Crippen LogP contribution is -2.24. The Bertz CT molecular complexity index is 534. The Morgan fingerprint density at radius 3 is 2.29 bits per heavy atom. The number of para-hydroxylation sites is 1. The first-order valence-electron chi connectivity index (χ1n) is 7.47. The van der Waals surface area contributed by atoms with Gasteiger partial charge >= 0.3 is 0 Å². The molecule has 0 bridgehead atoms. The molecule has 0 heterocycles. The Morgan fingerprint density at radius 1 is 1.00 bits per heavy atom. The Labute approximate surface area is 128 Å². The van der Waals surface area contributed by atoms with Gasteiger partial charge in [0, 0.05) is 25.8 Å². The summed E-state index contributed by atoms with van der Waals surface area (Å²) in [4.78, 5) is 2.29. The molecular formula is C19H24N2. The van der Waals surface area contributed by atoms with E-state index in [1.54, 1.807) is 0 Å². The molecule has 2 nitrogen and oxygen atoms in total. The van der Waals surface area contributed by atoms with Gasteiger partial charge in [-0.3, -0.25) is 0 Å². The van der Waals surface area contributed by atoms with Crippen molar-refractivity contribution in [3.63, 3.8) is 0 Å². The fourth-order valence-corrected chi connectivity index (χ4v) is 2.27. The molecule has 0 unspecified atom stereocenters. The first-order chi connectivity index (χ1) is 10.3. The summed E-state index contributed by atoms with van der Waals surface area (Å²) in [5, 5.41) is 3.46. The predicted octanol–water partition coefficient (Wildman–Crippen LogP) is 3.82. The van der Waals surface area contributed by atoms with Crippen molar-refractivity contribution in [1.82, 2.24) is 5.32 Å². The van der Waals surface area contributed by atoms with Crippen LogP contribution >= 0.6 is 0 Å². The summed E-state index contributed by atoms with van der Waals surface area (Å²) in [6.07, 6.45) is 1.12. The molecule has 0 aliphatic carbocycles. The Morgan fingerprint density at radius 2 is 1.62 bits per heavy atom. The van der Waals surface area contributed by atoms with Gasteiger partial charge in [-0.25, -0.2) is 0 Å². The summed E-state index contributed by atoms with van der Waals surface area (Å²) in [6.45, 7) is 7.03. The standard InChI is InChI=1S/C19H24N2/c1-17(18-10-5-3-6-11-18)16-20-14-9-15-21(2)19-12-7-4-8-13-19/h3-8,10-13,20H,1,9,14-16H2,2H3. The molecule has 2 aromatic carbocycles. The van der Waals surface area contributed by atoms with E-state index in [0.29, 0.717) is 0 Å². The van der Waals surface area contributed by atoms with E-state index < -0.39 is 0 Å². The van der Waals surface area contributed by atoms with Crippen LogP contribution in [-0.4, -0.2) is 26.7 Å². The molecule has 0 amide bonds. The molecular weight excluding hydrogens is 256 g/mol. The molecule has 0 aliphatic heterocycles. The number of nitrogens with one attached hydrogen (secondary N) is 1. The normalized spacial score (nSPS) is 10.3. The summed E-state index contributed by atoms with van der Waals surface area (Å²) in [6, 6.07) is 20.8. The van der Waals surface area contributed by atoms with Crippen molar-refractivity contribution in [2.24, 2.45) is 0 Å². The molecule has 0 radical (unpaired) electrons. The highest BCUT2D eigenvalue weighted by molar-refractivity contribution is 5.64. The number of rotatable bonds is 8. The molecule has 21 heavy (non-hydrogen) atoms. The van der Waals surface area contributed by atoms with Crippen LogP contribution in [0.5, 0.6) is 0 Å². The fourth-order valence-electron chi connectivity index (χ4n) is 2.27. The first-order valence-corrected chi connectivity index (χ1v) is 7.47. The summed E-state index contributed by atoms with van der Waals surface area (Å²) in [5.41, 5.74) is 3.63. The second-order valence-corrected chi connectivity index (χ2v) is 5.26. The first kappa shape index (κ1) is 15.3. The van der Waals surface area contributed by atoms with Crippen molar-refractivity contribution in [3.05, 3.63) is 72.8 Å². The minimum absolute atomic E-state index is 0.846. The largest absolute Gasteiger partial charge is 0.375 e. The highest BCUT2D eigenvalue weighted by atomic mass is 15.1. The second-order valence-electron chi connectivity index (χ2n) is 5.26. The molecule has 0 atom stereocenters. The number of benzene rings is 2. The fraction of sp³-hybridized carbons (Fsp3) is 0.263. The SMILES string of the molecule is C=C(CNCCCN(C)c1ccccc1)c1ccccc1. The highest BCUT2D eigenvalue weighted by Gasteiger charge is 2.00. The van der Waals surface area contributed by atoms with Crippen LogP contribution in [0, 0.1) is 0 Å². The van der Waals surface area contributed by atoms with Crippen molar-refractivity contribution in [3.8, 4) is 0 Å². The van der Waals surface area contributed by atoms with Gasteiger partial charge in [0.15, 0.2) is 0 Å². The quantitative estimate of drug-likeness (QED) is 0.740. The smallest absolute Gasteiger partial charge is 0.0363 e. The molecule has 0 saturated carbocycles. The Kier molecular flexibility index (Phi) is 6.04. The van der Waals surface area contributed by atoms with Crippen LogP contribution in [0.4, 0.5) is 5.69 Å². The lowest BCUT2D eigenvalue weighted by molar-refractivity contribution is 0.689. The van der Waals surface area contributed by atoms with E-state index in [2.05, 4.69) is 72.4 Å². The van der Waals surface area contributed by atoms with Crippen molar-refractivity contribution in [1.29, 1.82) is 0 Å². The molecule has 110 valence electrons. The van der Waals surface area contributed by atoms with Gasteiger partial charge in [-0.15, -0.1) is 0 Å². The summed E-state index contributed by atoms with van der Waals surface area (Å²) in [5.74, 6) is 0. The van der Waals surface area contributed by atoms with E-state index in [4.69, 9.17) is 0 Å². The summed E-state index contributed by atoms with van der Waals surface area (Å²) < 4.78 is 0. The van der Waals surface area contributed by atoms with E-state index in [1.807, 2.05) is 12.1 Å². The highest BCUT2D eigenvalue weighted by Crippen LogP contribution is 2.11. The van der Waals surface area contributed by atoms with E-state index in [1.165, 1.54) is 11.3 Å². The average molecular weight is 280 g/mol. The van der Waals surface area contributed by atoms with Gasteiger partial charge < -0.3 is 10.2 Å². The van der Waals surface area contributed by atoms with Crippen molar-refractivity contribution in [2.45, 2.75) is 6.42 Å². The number of hydrogen-bond donors (Lipinski definition) is 1. The number of anilines is 1. The van der Waals surface area contributed by atoms with Crippen LogP contribution in [-0.2, 0) is 0 Å². The van der Waals surface area contributed by atoms with Gasteiger partial charge in [-0.1, -0.05) is 55.1 Å². The topological polar surface area (TPSA) is 15.3 Å². The van der Waals surface area contributed by atoms with Crippen molar-refractivity contribution < 1.29 is 0 Å². The number of hydrogen-bond acceptors (Lipinski definition) is 2. The van der Waals surface area contributed by atoms with Gasteiger partial charge in [-0.05, 0) is 36.2 Å². The minimum atomic E-state index is 0.846. The van der Waals surface area contributed by atoms with E-state index in [9.17, 15) is 0 Å². The van der Waals surface area contributed by atoms with Crippen molar-refractivity contribution >= 4 is 11.3 Å². The molecule has 2 heteroatoms. The second kappa shape index (κ2) is 8.28. The lowest BCUT2D eigenvalue weighted by atomic mass is 10.1. The maximum Gasteiger partial charge on any atom is 0.0363 e. The average Bonchev–Trinajstić information content (AvgIpc) is 2.55. The van der Waals surface area contributed by atoms with Gasteiger partial charge in [0.25, 0.3) is 0 Å². The maximum atomic E-state index is 4.13. The van der Waals surface area contributed by atoms with Gasteiger partial charge in [0.2, 0.25) is 0 Å². The molecule has 0 aliphatic rings. The lowest BCUT2D eigenvalue weighted by Gasteiger charge is -2.19. The zero-order valence-electron chi connectivity index (χ0n) is 12.8. The van der Waals surface area contributed by atoms with Crippen molar-refractivity contribution in [2.75, 3.05) is 31.6 Å². The van der Waals surface area contributed by atoms with Gasteiger partial charge in [0.05, 0.1) is 0 Å². The van der Waals surface area contributed by atoms with Gasteiger partial charge in [0.1, 0.15) is 0 Å². The van der Waals surface area contributed by atoms with Gasteiger partial charge in [-0.2, -0.15) is 0 Å². The summed E-state index contributed by atoms with van der Waals surface area (Å²) in [7, 11) is 2.14. The Hall–Kier alpha value is -2.06. The van der Waals surface area contributed by atoms with Crippen LogP contribution in [0.3, 0.4) is 0 Å². The zero-order chi connectivity index (χ0) is 14.9. The summed E-state index contributed by atoms with van der Waals surface area (Å²) >= 11 is 0. The van der Waals surface area contributed by atoms with Crippen LogP contribution in [0.25, 0.3) is 5.57 Å². The van der Waals surface area contributed by atoms with Crippen LogP contribution in [0.15, 0.2) is 67.2 Å². The molecule has 2 rings (SSSR count). The van der Waals surface area contributed by atoms with Crippen LogP contribution in [0.2, 0.25) is 0 Å². The molecule has 0 saturated heterocycles. The molecule has 0 aromatic heterocycles. The third-order valence-electron chi connectivity index (χ3n) is 3.56. The third-order valence-corrected chi connectivity index (χ3v) is 3.56. The number of nitrogens with zero attached hydrogens (tertiary/aromatic N) is 1.